The minimum absolute atomic E-state index is 0.241. The van der Waals surface area contributed by atoms with E-state index in [4.69, 9.17) is 18.9 Å². The Morgan fingerprint density at radius 3 is 2.29 bits per heavy atom. The highest BCUT2D eigenvalue weighted by molar-refractivity contribution is 7.20. The lowest BCUT2D eigenvalue weighted by Gasteiger charge is -2.43. The minimum atomic E-state index is -1.07. The van der Waals surface area contributed by atoms with E-state index < -0.39 is 17.1 Å². The zero-order valence-corrected chi connectivity index (χ0v) is 20.7. The number of carbonyl (C=O) groups excluding carboxylic acids is 2. The number of aromatic nitrogens is 1. The molecule has 1 saturated heterocycles. The highest BCUT2D eigenvalue weighted by Gasteiger charge is 2.53. The summed E-state index contributed by atoms with van der Waals surface area (Å²) >= 11 is 1.39. The minimum Gasteiger partial charge on any atom is -0.486 e. The molecule has 0 saturated carbocycles. The number of thiazole rings is 1. The van der Waals surface area contributed by atoms with Crippen LogP contribution in [-0.4, -0.2) is 41.0 Å². The molecule has 2 aliphatic heterocycles. The molecule has 0 unspecified atom stereocenters. The molecular weight excluding hydrogens is 454 g/mol. The third-order valence-electron chi connectivity index (χ3n) is 6.27. The van der Waals surface area contributed by atoms with Crippen molar-refractivity contribution in [3.63, 3.8) is 0 Å². The van der Waals surface area contributed by atoms with E-state index in [0.717, 1.165) is 15.8 Å². The molecule has 7 nitrogen and oxygen atoms in total. The second-order valence-corrected chi connectivity index (χ2v) is 10.5. The van der Waals surface area contributed by atoms with Gasteiger partial charge in [-0.15, -0.1) is 0 Å². The monoisotopic (exact) mass is 481 g/mol. The van der Waals surface area contributed by atoms with Gasteiger partial charge in [0.15, 0.2) is 23.1 Å². The smallest absolute Gasteiger partial charge is 0.279 e. The molecule has 0 radical (unpaired) electrons. The lowest BCUT2D eigenvalue weighted by Crippen LogP contribution is -2.58. The van der Waals surface area contributed by atoms with Gasteiger partial charge in [0, 0.05) is 12.1 Å². The van der Waals surface area contributed by atoms with Crippen LogP contribution < -0.4 is 14.2 Å². The van der Waals surface area contributed by atoms with Crippen LogP contribution in [0.25, 0.3) is 10.2 Å². The summed E-state index contributed by atoms with van der Waals surface area (Å²) in [4.78, 5) is 31.2. The molecule has 178 valence electrons. The number of fused-ring (bicyclic) bond motifs is 2. The zero-order chi connectivity index (χ0) is 24.3. The topological polar surface area (TPSA) is 83.9 Å². The van der Waals surface area contributed by atoms with Gasteiger partial charge in [0.1, 0.15) is 36.1 Å². The maximum atomic E-state index is 13.3. The highest BCUT2D eigenvalue weighted by Crippen LogP contribution is 2.42. The van der Waals surface area contributed by atoms with Crippen LogP contribution >= 0.6 is 11.3 Å². The normalized spacial score (nSPS) is 19.4. The van der Waals surface area contributed by atoms with E-state index in [1.807, 2.05) is 31.2 Å². The number of ketones is 2. The van der Waals surface area contributed by atoms with Crippen molar-refractivity contribution in [2.24, 2.45) is 0 Å². The van der Waals surface area contributed by atoms with Gasteiger partial charge in [-0.2, -0.15) is 0 Å². The van der Waals surface area contributed by atoms with E-state index in [9.17, 15) is 9.59 Å². The largest absolute Gasteiger partial charge is 0.486 e. The van der Waals surface area contributed by atoms with Gasteiger partial charge >= 0.3 is 0 Å². The third-order valence-corrected chi connectivity index (χ3v) is 7.16. The van der Waals surface area contributed by atoms with Crippen LogP contribution in [0.3, 0.4) is 0 Å². The average Bonchev–Trinajstić information content (AvgIpc) is 3.17. The third kappa shape index (κ3) is 3.84. The maximum absolute atomic E-state index is 13.3. The van der Waals surface area contributed by atoms with Crippen molar-refractivity contribution in [3.8, 4) is 22.4 Å². The van der Waals surface area contributed by atoms with Crippen LogP contribution in [0.4, 0.5) is 0 Å². The fourth-order valence-electron chi connectivity index (χ4n) is 4.65. The number of rotatable bonds is 4. The Hall–Kier alpha value is -2.97. The number of ether oxygens (including phenoxy) is 4. The van der Waals surface area contributed by atoms with E-state index in [2.05, 4.69) is 4.98 Å². The number of aryl methyl sites for hydroxylation is 1. The molecule has 3 aromatic rings. The number of hydrogen-bond donors (Lipinski definition) is 0. The molecule has 2 aliphatic rings. The van der Waals surface area contributed by atoms with E-state index in [1.54, 1.807) is 33.8 Å². The molecule has 1 aromatic heterocycles. The van der Waals surface area contributed by atoms with Gasteiger partial charge in [-0.3, -0.25) is 9.59 Å². The van der Waals surface area contributed by atoms with Gasteiger partial charge in [-0.25, -0.2) is 4.98 Å². The zero-order valence-electron chi connectivity index (χ0n) is 19.9. The number of carbonyl (C=O) groups is 2. The molecule has 0 spiro atoms. The predicted molar refractivity (Wildman–Crippen MR) is 129 cm³/mol. The van der Waals surface area contributed by atoms with Crippen molar-refractivity contribution in [2.75, 3.05) is 13.2 Å². The summed E-state index contributed by atoms with van der Waals surface area (Å²) in [5.74, 6) is 0.501. The van der Waals surface area contributed by atoms with Crippen LogP contribution in [0.2, 0.25) is 0 Å². The Bertz CT molecular complexity index is 1240. The molecule has 1 fully saturated rings. The summed E-state index contributed by atoms with van der Waals surface area (Å²) in [6.45, 7) is 9.91. The Kier molecular flexibility index (Phi) is 5.41. The van der Waals surface area contributed by atoms with Crippen molar-refractivity contribution < 1.29 is 28.5 Å². The molecule has 0 N–H and O–H groups in total. The van der Waals surface area contributed by atoms with E-state index >= 15 is 0 Å². The van der Waals surface area contributed by atoms with Crippen molar-refractivity contribution in [2.45, 2.75) is 58.2 Å². The van der Waals surface area contributed by atoms with Crippen LogP contribution in [-0.2, 0) is 20.7 Å². The Morgan fingerprint density at radius 1 is 1.00 bits per heavy atom. The van der Waals surface area contributed by atoms with E-state index in [-0.39, 0.29) is 11.6 Å². The van der Waals surface area contributed by atoms with E-state index in [0.29, 0.717) is 47.6 Å². The number of Topliss-reactive ketones (excluding diaryl/α,β-unsaturated/α-hetero) is 2. The summed E-state index contributed by atoms with van der Waals surface area (Å²) in [5, 5.41) is 0.456. The number of benzene rings is 2. The van der Waals surface area contributed by atoms with Crippen LogP contribution in [0.15, 0.2) is 30.3 Å². The molecular formula is C26H27NO6S. The standard InChI is InChI=1S/C26H27NO6S/c1-6-14-7-8-15(11-16(14)21-22(28)25(2,3)33-26(4,5)23(21)29)32-24-27-17-12-18-19(13-20(17)34-24)31-10-9-30-18/h7-8,11-13,21H,6,9-10H2,1-5H3. The van der Waals surface area contributed by atoms with Gasteiger partial charge in [0.25, 0.3) is 5.19 Å². The molecule has 0 bridgehead atoms. The quantitative estimate of drug-likeness (QED) is 0.472. The second kappa shape index (κ2) is 8.06. The molecule has 3 heterocycles. The second-order valence-electron chi connectivity index (χ2n) is 9.54. The molecule has 34 heavy (non-hydrogen) atoms. The fraction of sp³-hybridized carbons (Fsp3) is 0.423. The van der Waals surface area contributed by atoms with E-state index in [1.165, 1.54) is 11.3 Å². The molecule has 0 atom stereocenters. The first-order chi connectivity index (χ1) is 16.1. The lowest BCUT2D eigenvalue weighted by atomic mass is 9.73. The van der Waals surface area contributed by atoms with Crippen LogP contribution in [0.1, 0.15) is 51.7 Å². The SMILES string of the molecule is CCc1ccc(Oc2nc3cc4c(cc3s2)OCCO4)cc1C1C(=O)C(C)(C)OC(C)(C)C1=O. The first kappa shape index (κ1) is 22.8. The average molecular weight is 482 g/mol. The van der Waals surface area contributed by atoms with Gasteiger partial charge < -0.3 is 18.9 Å². The predicted octanol–water partition coefficient (Wildman–Crippen LogP) is 5.23. The van der Waals surface area contributed by atoms with Gasteiger partial charge in [0.05, 0.1) is 10.2 Å². The summed E-state index contributed by atoms with van der Waals surface area (Å²) in [6, 6.07) is 9.30. The van der Waals surface area contributed by atoms with Gasteiger partial charge in [0.2, 0.25) is 0 Å². The Morgan fingerprint density at radius 2 is 1.65 bits per heavy atom. The molecule has 5 rings (SSSR count). The summed E-state index contributed by atoms with van der Waals surface area (Å²) < 4.78 is 24.2. The summed E-state index contributed by atoms with van der Waals surface area (Å²) in [7, 11) is 0. The molecule has 8 heteroatoms. The van der Waals surface area contributed by atoms with Crippen molar-refractivity contribution in [1.29, 1.82) is 0 Å². The number of nitrogens with zero attached hydrogens (tertiary/aromatic N) is 1. The van der Waals surface area contributed by atoms with Gasteiger partial charge in [-0.1, -0.05) is 24.3 Å². The molecule has 2 aromatic carbocycles. The summed E-state index contributed by atoms with van der Waals surface area (Å²) in [6.07, 6.45) is 0.682. The lowest BCUT2D eigenvalue weighted by molar-refractivity contribution is -0.184. The Balaban J connectivity index is 1.51. The van der Waals surface area contributed by atoms with Crippen LogP contribution in [0.5, 0.6) is 22.4 Å². The maximum Gasteiger partial charge on any atom is 0.279 e. The van der Waals surface area contributed by atoms with Crippen molar-refractivity contribution >= 4 is 33.1 Å². The fourth-order valence-corrected chi connectivity index (χ4v) is 5.50. The summed E-state index contributed by atoms with van der Waals surface area (Å²) in [5.41, 5.74) is 0.213. The van der Waals surface area contributed by atoms with Crippen molar-refractivity contribution in [3.05, 3.63) is 41.5 Å². The van der Waals surface area contributed by atoms with Crippen LogP contribution in [0, 0.1) is 0 Å². The van der Waals surface area contributed by atoms with Crippen molar-refractivity contribution in [1.82, 2.24) is 4.98 Å². The number of hydrogen-bond acceptors (Lipinski definition) is 8. The highest BCUT2D eigenvalue weighted by atomic mass is 32.1. The van der Waals surface area contributed by atoms with Gasteiger partial charge in [-0.05, 0) is 57.4 Å². The Labute approximate surface area is 202 Å². The molecule has 0 amide bonds. The first-order valence-electron chi connectivity index (χ1n) is 11.4. The first-order valence-corrected chi connectivity index (χ1v) is 12.2. The molecule has 0 aliphatic carbocycles.